The largest absolute Gasteiger partial charge is 0.326 e. The first kappa shape index (κ1) is 10.5. The number of nitrogens with zero attached hydrogens (tertiary/aromatic N) is 1. The van der Waals surface area contributed by atoms with E-state index in [2.05, 4.69) is 10.3 Å². The minimum Gasteiger partial charge on any atom is -0.317 e. The van der Waals surface area contributed by atoms with Gasteiger partial charge in [-0.2, -0.15) is 0 Å². The Balaban J connectivity index is 2.20. The van der Waals surface area contributed by atoms with Crippen LogP contribution in [0.3, 0.4) is 0 Å². The van der Waals surface area contributed by atoms with Crippen molar-refractivity contribution >= 4 is 11.0 Å². The second-order valence-electron chi connectivity index (χ2n) is 4.42. The third-order valence-corrected chi connectivity index (χ3v) is 3.36. The van der Waals surface area contributed by atoms with Crippen molar-refractivity contribution in [3.63, 3.8) is 0 Å². The summed E-state index contributed by atoms with van der Waals surface area (Å²) in [4.78, 5) is 14.6. The summed E-state index contributed by atoms with van der Waals surface area (Å²) in [5.41, 5.74) is 0.773. The lowest BCUT2D eigenvalue weighted by Gasteiger charge is -2.23. The van der Waals surface area contributed by atoms with E-state index in [9.17, 15) is 9.18 Å². The summed E-state index contributed by atoms with van der Waals surface area (Å²) in [7, 11) is 0. The molecule has 90 valence electrons. The Bertz CT molecular complexity index is 595. The zero-order chi connectivity index (χ0) is 11.8. The molecule has 5 heteroatoms. The Kier molecular flexibility index (Phi) is 2.48. The van der Waals surface area contributed by atoms with Crippen molar-refractivity contribution < 1.29 is 4.39 Å². The molecule has 1 saturated heterocycles. The fourth-order valence-corrected chi connectivity index (χ4v) is 2.55. The lowest BCUT2D eigenvalue weighted by molar-refractivity contribution is 0.366. The molecule has 1 aromatic carbocycles. The van der Waals surface area contributed by atoms with E-state index in [0.717, 1.165) is 25.9 Å². The molecule has 17 heavy (non-hydrogen) atoms. The number of rotatable bonds is 1. The molecule has 0 bridgehead atoms. The topological polar surface area (TPSA) is 49.8 Å². The number of aromatic nitrogens is 2. The maximum Gasteiger partial charge on any atom is 0.326 e. The van der Waals surface area contributed by atoms with Crippen LogP contribution in [0.1, 0.15) is 18.9 Å². The van der Waals surface area contributed by atoms with Gasteiger partial charge >= 0.3 is 5.69 Å². The molecule has 1 aromatic heterocycles. The monoisotopic (exact) mass is 235 g/mol. The van der Waals surface area contributed by atoms with Gasteiger partial charge in [-0.15, -0.1) is 0 Å². The van der Waals surface area contributed by atoms with Crippen LogP contribution in [0.5, 0.6) is 0 Å². The van der Waals surface area contributed by atoms with Crippen molar-refractivity contribution in [2.45, 2.75) is 18.9 Å². The predicted octanol–water partition coefficient (Wildman–Crippen LogP) is 1.39. The first-order valence-corrected chi connectivity index (χ1v) is 5.87. The van der Waals surface area contributed by atoms with Crippen molar-refractivity contribution in [1.82, 2.24) is 14.9 Å². The number of aromatic amines is 1. The SMILES string of the molecule is O=c1[nH]c2cccc(F)c2n1C1CCNCC1. The number of hydrogen-bond acceptors (Lipinski definition) is 2. The Morgan fingerprint density at radius 1 is 1.29 bits per heavy atom. The molecule has 0 amide bonds. The van der Waals surface area contributed by atoms with Crippen molar-refractivity contribution in [2.75, 3.05) is 13.1 Å². The average molecular weight is 235 g/mol. The van der Waals surface area contributed by atoms with Gasteiger partial charge in [0, 0.05) is 6.04 Å². The zero-order valence-electron chi connectivity index (χ0n) is 9.37. The predicted molar refractivity (Wildman–Crippen MR) is 63.7 cm³/mol. The summed E-state index contributed by atoms with van der Waals surface area (Å²) in [6, 6.07) is 4.83. The van der Waals surface area contributed by atoms with Crippen LogP contribution in [0.2, 0.25) is 0 Å². The van der Waals surface area contributed by atoms with Crippen LogP contribution in [-0.4, -0.2) is 22.6 Å². The third-order valence-electron chi connectivity index (χ3n) is 3.36. The van der Waals surface area contributed by atoms with Gasteiger partial charge in [0.15, 0.2) is 0 Å². The summed E-state index contributed by atoms with van der Waals surface area (Å²) in [5, 5.41) is 3.24. The summed E-state index contributed by atoms with van der Waals surface area (Å²) in [5.74, 6) is -0.334. The normalized spacial score (nSPS) is 17.7. The summed E-state index contributed by atoms with van der Waals surface area (Å²) >= 11 is 0. The summed E-state index contributed by atoms with van der Waals surface area (Å²) in [6.07, 6.45) is 1.72. The summed E-state index contributed by atoms with van der Waals surface area (Å²) in [6.45, 7) is 1.75. The van der Waals surface area contributed by atoms with Crippen LogP contribution >= 0.6 is 0 Å². The van der Waals surface area contributed by atoms with Gasteiger partial charge in [-0.25, -0.2) is 9.18 Å². The molecule has 0 atom stereocenters. The smallest absolute Gasteiger partial charge is 0.317 e. The van der Waals surface area contributed by atoms with E-state index in [1.165, 1.54) is 6.07 Å². The van der Waals surface area contributed by atoms with Crippen molar-refractivity contribution in [1.29, 1.82) is 0 Å². The molecule has 2 N–H and O–H groups in total. The van der Waals surface area contributed by atoms with Crippen LogP contribution in [0.25, 0.3) is 11.0 Å². The number of hydrogen-bond donors (Lipinski definition) is 2. The average Bonchev–Trinajstić information content (AvgIpc) is 2.68. The summed E-state index contributed by atoms with van der Waals surface area (Å²) < 4.78 is 15.4. The van der Waals surface area contributed by atoms with Crippen molar-refractivity contribution in [3.05, 3.63) is 34.5 Å². The molecule has 0 saturated carbocycles. The Morgan fingerprint density at radius 2 is 2.06 bits per heavy atom. The van der Waals surface area contributed by atoms with E-state index in [-0.39, 0.29) is 17.5 Å². The van der Waals surface area contributed by atoms with E-state index in [0.29, 0.717) is 11.0 Å². The van der Waals surface area contributed by atoms with E-state index < -0.39 is 0 Å². The lowest BCUT2D eigenvalue weighted by Crippen LogP contribution is -2.33. The fraction of sp³-hybridized carbons (Fsp3) is 0.417. The number of nitrogens with one attached hydrogen (secondary N) is 2. The van der Waals surface area contributed by atoms with Gasteiger partial charge in [0.25, 0.3) is 0 Å². The molecule has 1 fully saturated rings. The van der Waals surface area contributed by atoms with Gasteiger partial charge in [0.2, 0.25) is 0 Å². The van der Waals surface area contributed by atoms with Gasteiger partial charge < -0.3 is 10.3 Å². The van der Waals surface area contributed by atoms with Gasteiger partial charge in [-0.1, -0.05) is 6.07 Å². The van der Waals surface area contributed by atoms with Gasteiger partial charge in [-0.3, -0.25) is 4.57 Å². The molecule has 3 rings (SSSR count). The molecular formula is C12H14FN3O. The molecule has 4 nitrogen and oxygen atoms in total. The lowest BCUT2D eigenvalue weighted by atomic mass is 10.1. The third kappa shape index (κ3) is 1.67. The molecule has 0 spiro atoms. The zero-order valence-corrected chi connectivity index (χ0v) is 9.37. The van der Waals surface area contributed by atoms with Crippen LogP contribution in [0.15, 0.2) is 23.0 Å². The van der Waals surface area contributed by atoms with Crippen LogP contribution < -0.4 is 11.0 Å². The van der Waals surface area contributed by atoms with E-state index >= 15 is 0 Å². The molecule has 1 aliphatic heterocycles. The number of benzene rings is 1. The molecule has 0 radical (unpaired) electrons. The van der Waals surface area contributed by atoms with Crippen LogP contribution in [-0.2, 0) is 0 Å². The number of H-pyrrole nitrogens is 1. The first-order chi connectivity index (χ1) is 8.27. The number of piperidine rings is 1. The maximum absolute atomic E-state index is 13.8. The van der Waals surface area contributed by atoms with Gasteiger partial charge in [-0.05, 0) is 38.1 Å². The maximum atomic E-state index is 13.8. The van der Waals surface area contributed by atoms with Gasteiger partial charge in [0.1, 0.15) is 11.3 Å². The number of imidazole rings is 1. The molecule has 1 aliphatic rings. The highest BCUT2D eigenvalue weighted by molar-refractivity contribution is 5.75. The Morgan fingerprint density at radius 3 is 2.82 bits per heavy atom. The Hall–Kier alpha value is -1.62. The highest BCUT2D eigenvalue weighted by atomic mass is 19.1. The van der Waals surface area contributed by atoms with E-state index in [1.54, 1.807) is 16.7 Å². The molecule has 2 aromatic rings. The second kappa shape index (κ2) is 4.00. The molecule has 2 heterocycles. The second-order valence-corrected chi connectivity index (χ2v) is 4.42. The van der Waals surface area contributed by atoms with Crippen molar-refractivity contribution in [2.24, 2.45) is 0 Å². The highest BCUT2D eigenvalue weighted by Crippen LogP contribution is 2.23. The van der Waals surface area contributed by atoms with E-state index in [4.69, 9.17) is 0 Å². The van der Waals surface area contributed by atoms with Crippen LogP contribution in [0, 0.1) is 5.82 Å². The van der Waals surface area contributed by atoms with E-state index in [1.807, 2.05) is 0 Å². The first-order valence-electron chi connectivity index (χ1n) is 5.87. The number of fused-ring (bicyclic) bond motifs is 1. The number of halogens is 1. The quantitative estimate of drug-likeness (QED) is 0.784. The van der Waals surface area contributed by atoms with Crippen molar-refractivity contribution in [3.8, 4) is 0 Å². The van der Waals surface area contributed by atoms with Crippen LogP contribution in [0.4, 0.5) is 4.39 Å². The molecular weight excluding hydrogens is 221 g/mol. The molecule has 0 aliphatic carbocycles. The molecule has 0 unspecified atom stereocenters. The minimum atomic E-state index is -0.334. The fourth-order valence-electron chi connectivity index (χ4n) is 2.55. The highest BCUT2D eigenvalue weighted by Gasteiger charge is 2.21. The minimum absolute atomic E-state index is 0.0920. The standard InChI is InChI=1S/C12H14FN3O/c13-9-2-1-3-10-11(9)16(12(17)15-10)8-4-6-14-7-5-8/h1-3,8,14H,4-7H2,(H,15,17). The Labute approximate surface area is 97.4 Å². The number of para-hydroxylation sites is 1. The van der Waals surface area contributed by atoms with Gasteiger partial charge in [0.05, 0.1) is 5.52 Å².